The summed E-state index contributed by atoms with van der Waals surface area (Å²) in [5.74, 6) is -0.378. The number of hydrogen-bond donors (Lipinski definition) is 1. The van der Waals surface area contributed by atoms with E-state index < -0.39 is 12.0 Å². The molecule has 0 aliphatic carbocycles. The Morgan fingerprint density at radius 2 is 2.07 bits per heavy atom. The summed E-state index contributed by atoms with van der Waals surface area (Å²) in [7, 11) is 4.71. The van der Waals surface area contributed by atoms with Crippen molar-refractivity contribution < 1.29 is 14.7 Å². The number of carboxylic acid groups (broad SMARTS) is 1. The number of hydrogen-bond acceptors (Lipinski definition) is 4. The van der Waals surface area contributed by atoms with Crippen LogP contribution >= 0.6 is 21.6 Å². The van der Waals surface area contributed by atoms with Crippen molar-refractivity contribution in [3.63, 3.8) is 0 Å². The standard InChI is InChI=1S/C8H15NO3S2/c1-6(8(11)12)9(2)7(10)4-5-14-13-3/h6H,4-5H2,1-3H3,(H,11,12)/t6-/m0/s1. The van der Waals surface area contributed by atoms with E-state index in [1.54, 1.807) is 21.6 Å². The summed E-state index contributed by atoms with van der Waals surface area (Å²) < 4.78 is 0. The van der Waals surface area contributed by atoms with Crippen molar-refractivity contribution in [3.05, 3.63) is 0 Å². The molecule has 1 atom stereocenters. The van der Waals surface area contributed by atoms with Gasteiger partial charge in [0.2, 0.25) is 5.91 Å². The molecular weight excluding hydrogens is 222 g/mol. The van der Waals surface area contributed by atoms with Crippen LogP contribution in [-0.4, -0.2) is 47.0 Å². The van der Waals surface area contributed by atoms with E-state index in [0.29, 0.717) is 6.42 Å². The van der Waals surface area contributed by atoms with E-state index in [9.17, 15) is 9.59 Å². The van der Waals surface area contributed by atoms with Crippen molar-refractivity contribution in [1.82, 2.24) is 4.90 Å². The molecule has 0 aliphatic rings. The minimum Gasteiger partial charge on any atom is -0.480 e. The highest BCUT2D eigenvalue weighted by Gasteiger charge is 2.20. The van der Waals surface area contributed by atoms with Gasteiger partial charge in [-0.2, -0.15) is 0 Å². The predicted octanol–water partition coefficient (Wildman–Crippen LogP) is 1.32. The number of carbonyl (C=O) groups is 2. The number of rotatable bonds is 6. The number of nitrogens with zero attached hydrogens (tertiary/aromatic N) is 1. The van der Waals surface area contributed by atoms with Crippen LogP contribution in [0.4, 0.5) is 0 Å². The number of amides is 1. The molecule has 0 rings (SSSR count). The average Bonchev–Trinajstić information content (AvgIpc) is 2.15. The van der Waals surface area contributed by atoms with E-state index in [0.717, 1.165) is 5.75 Å². The molecule has 1 amide bonds. The van der Waals surface area contributed by atoms with Crippen LogP contribution in [0.25, 0.3) is 0 Å². The van der Waals surface area contributed by atoms with Gasteiger partial charge in [-0.05, 0) is 13.2 Å². The second-order valence-electron chi connectivity index (χ2n) is 2.76. The lowest BCUT2D eigenvalue weighted by Crippen LogP contribution is -2.40. The van der Waals surface area contributed by atoms with Gasteiger partial charge in [0.1, 0.15) is 6.04 Å². The lowest BCUT2D eigenvalue weighted by molar-refractivity contribution is -0.148. The summed E-state index contributed by atoms with van der Waals surface area (Å²) in [6.45, 7) is 1.50. The van der Waals surface area contributed by atoms with Crippen molar-refractivity contribution in [3.8, 4) is 0 Å². The molecule has 0 fully saturated rings. The Labute approximate surface area is 91.8 Å². The van der Waals surface area contributed by atoms with Gasteiger partial charge < -0.3 is 10.0 Å². The Balaban J connectivity index is 3.92. The molecular formula is C8H15NO3S2. The van der Waals surface area contributed by atoms with Gasteiger partial charge in [-0.3, -0.25) is 4.79 Å². The molecule has 14 heavy (non-hydrogen) atoms. The summed E-state index contributed by atoms with van der Waals surface area (Å²) in [6.07, 6.45) is 2.33. The van der Waals surface area contributed by atoms with Crippen LogP contribution in [0.2, 0.25) is 0 Å². The van der Waals surface area contributed by atoms with Gasteiger partial charge in [-0.1, -0.05) is 21.6 Å². The Bertz CT molecular complexity index is 211. The summed E-state index contributed by atoms with van der Waals surface area (Å²) in [4.78, 5) is 23.2. The fourth-order valence-corrected chi connectivity index (χ4v) is 1.94. The van der Waals surface area contributed by atoms with E-state index in [1.807, 2.05) is 6.26 Å². The Morgan fingerprint density at radius 1 is 1.50 bits per heavy atom. The molecule has 0 aromatic heterocycles. The lowest BCUT2D eigenvalue weighted by atomic mass is 10.3. The minimum absolute atomic E-state index is 0.124. The zero-order valence-corrected chi connectivity index (χ0v) is 10.2. The molecule has 0 saturated carbocycles. The van der Waals surface area contributed by atoms with Crippen LogP contribution in [-0.2, 0) is 9.59 Å². The molecule has 1 N–H and O–H groups in total. The highest BCUT2D eigenvalue weighted by Crippen LogP contribution is 2.17. The van der Waals surface area contributed by atoms with Crippen molar-refractivity contribution >= 4 is 33.5 Å². The van der Waals surface area contributed by atoms with Gasteiger partial charge in [-0.25, -0.2) is 4.79 Å². The molecule has 0 aromatic rings. The van der Waals surface area contributed by atoms with Crippen LogP contribution in [0.1, 0.15) is 13.3 Å². The van der Waals surface area contributed by atoms with E-state index in [1.165, 1.54) is 18.9 Å². The second kappa shape index (κ2) is 7.00. The molecule has 0 radical (unpaired) electrons. The first kappa shape index (κ1) is 13.6. The molecule has 82 valence electrons. The van der Waals surface area contributed by atoms with Crippen LogP contribution < -0.4 is 0 Å². The Hall–Kier alpha value is -0.360. The van der Waals surface area contributed by atoms with Crippen LogP contribution in [0, 0.1) is 0 Å². The van der Waals surface area contributed by atoms with E-state index >= 15 is 0 Å². The number of carbonyl (C=O) groups excluding carboxylic acids is 1. The molecule has 0 aromatic carbocycles. The third-order valence-electron chi connectivity index (χ3n) is 1.85. The first-order chi connectivity index (χ1) is 6.50. The quantitative estimate of drug-likeness (QED) is 0.558. The van der Waals surface area contributed by atoms with Gasteiger partial charge in [0, 0.05) is 19.2 Å². The van der Waals surface area contributed by atoms with Gasteiger partial charge in [-0.15, -0.1) is 0 Å². The number of likely N-dealkylation sites (N-methyl/N-ethyl adjacent to an activating group) is 1. The monoisotopic (exact) mass is 237 g/mol. The minimum atomic E-state index is -0.974. The van der Waals surface area contributed by atoms with Gasteiger partial charge in [0.05, 0.1) is 0 Å². The molecule has 4 nitrogen and oxygen atoms in total. The van der Waals surface area contributed by atoms with Gasteiger partial charge in [0.25, 0.3) is 0 Å². The largest absolute Gasteiger partial charge is 0.480 e. The molecule has 6 heteroatoms. The van der Waals surface area contributed by atoms with Crippen molar-refractivity contribution in [1.29, 1.82) is 0 Å². The number of aliphatic carboxylic acids is 1. The molecule has 0 aliphatic heterocycles. The van der Waals surface area contributed by atoms with Crippen LogP contribution in [0.15, 0.2) is 0 Å². The van der Waals surface area contributed by atoms with Gasteiger partial charge >= 0.3 is 5.97 Å². The van der Waals surface area contributed by atoms with E-state index in [2.05, 4.69) is 0 Å². The fourth-order valence-electron chi connectivity index (χ4n) is 0.770. The van der Waals surface area contributed by atoms with Crippen LogP contribution in [0.5, 0.6) is 0 Å². The van der Waals surface area contributed by atoms with Crippen molar-refractivity contribution in [2.45, 2.75) is 19.4 Å². The molecule has 0 bridgehead atoms. The van der Waals surface area contributed by atoms with Crippen molar-refractivity contribution in [2.24, 2.45) is 0 Å². The third kappa shape index (κ3) is 4.76. The zero-order valence-electron chi connectivity index (χ0n) is 8.52. The SMILES string of the molecule is CSSCCC(=O)N(C)[C@@H](C)C(=O)O. The molecule has 0 unspecified atom stereocenters. The fraction of sp³-hybridized carbons (Fsp3) is 0.750. The molecule has 0 spiro atoms. The normalized spacial score (nSPS) is 12.2. The summed E-state index contributed by atoms with van der Waals surface area (Å²) in [6, 6.07) is -0.748. The first-order valence-electron chi connectivity index (χ1n) is 4.14. The third-order valence-corrected chi connectivity index (χ3v) is 3.66. The molecule has 0 heterocycles. The Kier molecular flexibility index (Phi) is 6.82. The first-order valence-corrected chi connectivity index (χ1v) is 6.87. The predicted molar refractivity (Wildman–Crippen MR) is 60.5 cm³/mol. The maximum absolute atomic E-state index is 11.4. The zero-order chi connectivity index (χ0) is 11.1. The average molecular weight is 237 g/mol. The smallest absolute Gasteiger partial charge is 0.326 e. The number of carboxylic acids is 1. The maximum atomic E-state index is 11.4. The van der Waals surface area contributed by atoms with E-state index in [-0.39, 0.29) is 5.91 Å². The van der Waals surface area contributed by atoms with Gasteiger partial charge in [0.15, 0.2) is 0 Å². The summed E-state index contributed by atoms with van der Waals surface area (Å²) in [5.41, 5.74) is 0. The highest BCUT2D eigenvalue weighted by molar-refractivity contribution is 8.76. The maximum Gasteiger partial charge on any atom is 0.326 e. The van der Waals surface area contributed by atoms with E-state index in [4.69, 9.17) is 5.11 Å². The molecule has 0 saturated heterocycles. The lowest BCUT2D eigenvalue weighted by Gasteiger charge is -2.21. The van der Waals surface area contributed by atoms with Crippen LogP contribution in [0.3, 0.4) is 0 Å². The topological polar surface area (TPSA) is 57.6 Å². The highest BCUT2D eigenvalue weighted by atomic mass is 33.1. The Morgan fingerprint density at radius 3 is 2.50 bits per heavy atom. The second-order valence-corrected chi connectivity index (χ2v) is 5.44. The summed E-state index contributed by atoms with van der Waals surface area (Å²) in [5, 5.41) is 8.67. The summed E-state index contributed by atoms with van der Waals surface area (Å²) >= 11 is 0. The van der Waals surface area contributed by atoms with Crippen molar-refractivity contribution in [2.75, 3.05) is 19.1 Å².